The standard InChI is InChI=1S/C23H19F4N3OS/c24-16-1-3-17(4-2-16)29-21-7-15-5-6-30(12-23(15,13-31)10-14(21)11-28)32-18-8-19(25)22(27)20(26)9-18/h1-4,7-9,11,13,28-29H,5-6,10,12H2. The number of piperidine rings is 1. The van der Waals surface area contributed by atoms with Gasteiger partial charge in [-0.25, -0.2) is 21.9 Å². The monoisotopic (exact) mass is 461 g/mol. The van der Waals surface area contributed by atoms with E-state index in [2.05, 4.69) is 5.32 Å². The molecule has 0 bridgehead atoms. The third-order valence-electron chi connectivity index (χ3n) is 5.61. The number of carbonyl (C=O) groups is 1. The molecule has 2 aliphatic rings. The minimum absolute atomic E-state index is 0.201. The summed E-state index contributed by atoms with van der Waals surface area (Å²) in [5.41, 5.74) is 1.93. The zero-order chi connectivity index (χ0) is 22.9. The van der Waals surface area contributed by atoms with Crippen molar-refractivity contribution in [3.63, 3.8) is 0 Å². The lowest BCUT2D eigenvalue weighted by atomic mass is 9.69. The van der Waals surface area contributed by atoms with Gasteiger partial charge in [-0.05, 0) is 72.8 Å². The Kier molecular flexibility index (Phi) is 6.21. The Morgan fingerprint density at radius 1 is 1.09 bits per heavy atom. The molecule has 0 saturated carbocycles. The van der Waals surface area contributed by atoms with E-state index in [0.29, 0.717) is 29.9 Å². The van der Waals surface area contributed by atoms with Crippen LogP contribution < -0.4 is 5.32 Å². The maximum Gasteiger partial charge on any atom is 0.194 e. The number of rotatable bonds is 6. The summed E-state index contributed by atoms with van der Waals surface area (Å²) in [7, 11) is 0. The minimum Gasteiger partial charge on any atom is -0.355 e. The Labute approximate surface area is 186 Å². The van der Waals surface area contributed by atoms with E-state index >= 15 is 0 Å². The summed E-state index contributed by atoms with van der Waals surface area (Å²) < 4.78 is 55.4. The van der Waals surface area contributed by atoms with Gasteiger partial charge in [-0.2, -0.15) is 0 Å². The maximum absolute atomic E-state index is 13.6. The molecular formula is C23H19F4N3OS. The highest BCUT2D eigenvalue weighted by molar-refractivity contribution is 7.97. The molecule has 32 heavy (non-hydrogen) atoms. The molecule has 4 rings (SSSR count). The third kappa shape index (κ3) is 4.35. The number of hydrogen-bond acceptors (Lipinski definition) is 5. The van der Waals surface area contributed by atoms with Crippen LogP contribution in [0.1, 0.15) is 12.8 Å². The molecule has 166 valence electrons. The largest absolute Gasteiger partial charge is 0.355 e. The highest BCUT2D eigenvalue weighted by Gasteiger charge is 2.43. The minimum atomic E-state index is -1.52. The quantitative estimate of drug-likeness (QED) is 0.197. The van der Waals surface area contributed by atoms with Crippen LogP contribution in [0.3, 0.4) is 0 Å². The molecule has 1 aliphatic heterocycles. The highest BCUT2D eigenvalue weighted by atomic mass is 32.2. The third-order valence-corrected chi connectivity index (χ3v) is 6.63. The number of carbonyl (C=O) groups excluding carboxylic acids is 1. The second kappa shape index (κ2) is 8.91. The van der Waals surface area contributed by atoms with Gasteiger partial charge in [0.25, 0.3) is 0 Å². The smallest absolute Gasteiger partial charge is 0.194 e. The molecule has 4 nitrogen and oxygen atoms in total. The normalized spacial score (nSPS) is 21.1. The molecule has 2 aromatic rings. The van der Waals surface area contributed by atoms with E-state index in [-0.39, 0.29) is 23.7 Å². The number of nitrogens with one attached hydrogen (secondary N) is 2. The Morgan fingerprint density at radius 2 is 1.78 bits per heavy atom. The van der Waals surface area contributed by atoms with Crippen molar-refractivity contribution in [3.05, 3.63) is 82.6 Å². The van der Waals surface area contributed by atoms with Crippen molar-refractivity contribution in [2.75, 3.05) is 18.4 Å². The van der Waals surface area contributed by atoms with Gasteiger partial charge in [-0.3, -0.25) is 0 Å². The fraction of sp³-hybridized carbons (Fsp3) is 0.217. The molecule has 1 saturated heterocycles. The highest BCUT2D eigenvalue weighted by Crippen LogP contribution is 2.45. The Balaban J connectivity index is 1.56. The average molecular weight is 461 g/mol. The van der Waals surface area contributed by atoms with Crippen LogP contribution in [0.5, 0.6) is 0 Å². The topological polar surface area (TPSA) is 56.2 Å². The molecule has 2 N–H and O–H groups in total. The van der Waals surface area contributed by atoms with Crippen molar-refractivity contribution >= 4 is 30.1 Å². The molecular weight excluding hydrogens is 442 g/mol. The number of hydrogen-bond donors (Lipinski definition) is 2. The molecule has 1 unspecified atom stereocenters. The van der Waals surface area contributed by atoms with Gasteiger partial charge in [0.2, 0.25) is 0 Å². The summed E-state index contributed by atoms with van der Waals surface area (Å²) in [6.45, 7) is 0.783. The SMILES string of the molecule is N=CC1=C(Nc2ccc(F)cc2)C=C2CCN(Sc3cc(F)c(F)c(F)c3)CC2(C=O)C1. The Hall–Kier alpha value is -2.91. The first-order valence-electron chi connectivity index (χ1n) is 9.84. The van der Waals surface area contributed by atoms with Crippen LogP contribution in [0.25, 0.3) is 0 Å². The maximum atomic E-state index is 13.6. The van der Waals surface area contributed by atoms with Crippen molar-refractivity contribution in [3.8, 4) is 0 Å². The molecule has 9 heteroatoms. The van der Waals surface area contributed by atoms with Gasteiger partial charge in [0.15, 0.2) is 17.5 Å². The van der Waals surface area contributed by atoms with Gasteiger partial charge in [-0.1, -0.05) is 5.57 Å². The van der Waals surface area contributed by atoms with Gasteiger partial charge >= 0.3 is 0 Å². The molecule has 0 spiro atoms. The number of aldehydes is 1. The van der Waals surface area contributed by atoms with Crippen LogP contribution in [-0.4, -0.2) is 29.9 Å². The summed E-state index contributed by atoms with van der Waals surface area (Å²) in [4.78, 5) is 12.4. The first-order valence-corrected chi connectivity index (χ1v) is 10.6. The van der Waals surface area contributed by atoms with Crippen LogP contribution in [-0.2, 0) is 4.79 Å². The van der Waals surface area contributed by atoms with E-state index in [1.165, 1.54) is 18.3 Å². The van der Waals surface area contributed by atoms with Crippen LogP contribution in [0.2, 0.25) is 0 Å². The molecule has 1 heterocycles. The van der Waals surface area contributed by atoms with E-state index in [9.17, 15) is 22.4 Å². The Bertz CT molecular complexity index is 1110. The van der Waals surface area contributed by atoms with Gasteiger partial charge < -0.3 is 15.5 Å². The Morgan fingerprint density at radius 3 is 2.41 bits per heavy atom. The molecule has 0 aromatic heterocycles. The van der Waals surface area contributed by atoms with E-state index in [4.69, 9.17) is 5.41 Å². The molecule has 2 aromatic carbocycles. The molecule has 1 aliphatic carbocycles. The predicted molar refractivity (Wildman–Crippen MR) is 115 cm³/mol. The van der Waals surface area contributed by atoms with Gasteiger partial charge in [0, 0.05) is 35.6 Å². The van der Waals surface area contributed by atoms with Crippen molar-refractivity contribution in [2.24, 2.45) is 5.41 Å². The average Bonchev–Trinajstić information content (AvgIpc) is 2.78. The molecule has 1 fully saturated rings. The zero-order valence-electron chi connectivity index (χ0n) is 16.8. The van der Waals surface area contributed by atoms with Crippen LogP contribution in [0, 0.1) is 34.1 Å². The second-order valence-electron chi connectivity index (χ2n) is 7.74. The number of fused-ring (bicyclic) bond motifs is 1. The van der Waals surface area contributed by atoms with Crippen molar-refractivity contribution in [2.45, 2.75) is 17.7 Å². The van der Waals surface area contributed by atoms with Crippen LogP contribution >= 0.6 is 11.9 Å². The van der Waals surface area contributed by atoms with E-state index in [0.717, 1.165) is 35.9 Å². The first kappa shape index (κ1) is 22.3. The van der Waals surface area contributed by atoms with Gasteiger partial charge in [0.05, 0.1) is 5.41 Å². The van der Waals surface area contributed by atoms with Gasteiger partial charge in [-0.15, -0.1) is 0 Å². The number of nitrogens with zero attached hydrogens (tertiary/aromatic N) is 1. The zero-order valence-corrected chi connectivity index (χ0v) is 17.6. The number of anilines is 1. The summed E-state index contributed by atoms with van der Waals surface area (Å²) in [6.07, 6.45) is 4.69. The summed E-state index contributed by atoms with van der Waals surface area (Å²) in [6, 6.07) is 7.69. The van der Waals surface area contributed by atoms with Crippen LogP contribution in [0.4, 0.5) is 23.2 Å². The van der Waals surface area contributed by atoms with Crippen molar-refractivity contribution in [1.29, 1.82) is 5.41 Å². The molecule has 0 amide bonds. The van der Waals surface area contributed by atoms with E-state index in [1.807, 2.05) is 10.4 Å². The second-order valence-corrected chi connectivity index (χ2v) is 8.91. The summed E-state index contributed by atoms with van der Waals surface area (Å²) >= 11 is 1.06. The lowest BCUT2D eigenvalue weighted by molar-refractivity contribution is -0.115. The van der Waals surface area contributed by atoms with Crippen molar-refractivity contribution < 1.29 is 22.4 Å². The molecule has 0 radical (unpaired) electrons. The van der Waals surface area contributed by atoms with Gasteiger partial charge in [0.1, 0.15) is 12.1 Å². The lowest BCUT2D eigenvalue weighted by Gasteiger charge is -2.43. The fourth-order valence-electron chi connectivity index (χ4n) is 3.98. The first-order chi connectivity index (χ1) is 15.3. The fourth-order valence-corrected chi connectivity index (χ4v) is 5.07. The van der Waals surface area contributed by atoms with Crippen LogP contribution in [0.15, 0.2) is 64.2 Å². The van der Waals surface area contributed by atoms with E-state index in [1.54, 1.807) is 12.1 Å². The van der Waals surface area contributed by atoms with E-state index < -0.39 is 22.9 Å². The number of halogens is 4. The summed E-state index contributed by atoms with van der Waals surface area (Å²) in [5.74, 6) is -4.40. The number of benzene rings is 2. The summed E-state index contributed by atoms with van der Waals surface area (Å²) in [5, 5.41) is 11.0. The predicted octanol–water partition coefficient (Wildman–Crippen LogP) is 5.49. The number of allylic oxidation sites excluding steroid dienone is 2. The lowest BCUT2D eigenvalue weighted by Crippen LogP contribution is -2.44. The van der Waals surface area contributed by atoms with Crippen molar-refractivity contribution in [1.82, 2.24) is 4.31 Å². The molecule has 1 atom stereocenters.